The Balaban J connectivity index is 1.86. The number of hydrogen-bond donors (Lipinski definition) is 1. The summed E-state index contributed by atoms with van der Waals surface area (Å²) in [7, 11) is 0. The quantitative estimate of drug-likeness (QED) is 0.779. The molecular formula is C16H14F2N4O2. The molecule has 2 aromatic heterocycles. The maximum absolute atomic E-state index is 12.2. The number of ether oxygens (including phenoxy) is 1. The van der Waals surface area contributed by atoms with E-state index in [0.717, 1.165) is 5.69 Å². The van der Waals surface area contributed by atoms with E-state index < -0.39 is 6.61 Å². The van der Waals surface area contributed by atoms with Crippen molar-refractivity contribution in [3.63, 3.8) is 0 Å². The van der Waals surface area contributed by atoms with E-state index in [1.807, 2.05) is 6.92 Å². The summed E-state index contributed by atoms with van der Waals surface area (Å²) in [5, 5.41) is 4.29. The molecule has 3 rings (SSSR count). The van der Waals surface area contributed by atoms with Gasteiger partial charge in [0, 0.05) is 23.5 Å². The summed E-state index contributed by atoms with van der Waals surface area (Å²) in [4.78, 5) is 19.1. The largest absolute Gasteiger partial charge is 0.435 e. The number of aryl methyl sites for hydroxylation is 1. The zero-order valence-corrected chi connectivity index (χ0v) is 12.7. The first-order chi connectivity index (χ1) is 11.5. The topological polar surface area (TPSA) is 72.8 Å². The Bertz CT molecular complexity index is 888. The first kappa shape index (κ1) is 15.9. The lowest BCUT2D eigenvalue weighted by Crippen LogP contribution is -2.23. The lowest BCUT2D eigenvalue weighted by Gasteiger charge is -2.07. The van der Waals surface area contributed by atoms with Crippen LogP contribution in [0.3, 0.4) is 0 Å². The fourth-order valence-electron chi connectivity index (χ4n) is 2.21. The van der Waals surface area contributed by atoms with Gasteiger partial charge in [-0.05, 0) is 37.3 Å². The van der Waals surface area contributed by atoms with Gasteiger partial charge < -0.3 is 9.72 Å². The fraction of sp³-hybridized carbons (Fsp3) is 0.188. The summed E-state index contributed by atoms with van der Waals surface area (Å²) >= 11 is 0. The van der Waals surface area contributed by atoms with E-state index in [-0.39, 0.29) is 17.9 Å². The van der Waals surface area contributed by atoms with Crippen molar-refractivity contribution in [2.45, 2.75) is 20.1 Å². The van der Waals surface area contributed by atoms with Crippen LogP contribution in [0.1, 0.15) is 11.5 Å². The average Bonchev–Trinajstić information content (AvgIpc) is 2.95. The molecule has 2 heterocycles. The minimum Gasteiger partial charge on any atom is -0.435 e. The van der Waals surface area contributed by atoms with Crippen LogP contribution in [0, 0.1) is 6.92 Å². The lowest BCUT2D eigenvalue weighted by molar-refractivity contribution is -0.0498. The van der Waals surface area contributed by atoms with Crippen molar-refractivity contribution in [2.75, 3.05) is 0 Å². The maximum Gasteiger partial charge on any atom is 0.387 e. The predicted molar refractivity (Wildman–Crippen MR) is 83.0 cm³/mol. The highest BCUT2D eigenvalue weighted by molar-refractivity contribution is 5.59. The van der Waals surface area contributed by atoms with Crippen LogP contribution >= 0.6 is 0 Å². The second-order valence-corrected chi connectivity index (χ2v) is 5.13. The Hall–Kier alpha value is -3.03. The van der Waals surface area contributed by atoms with E-state index in [9.17, 15) is 13.6 Å². The van der Waals surface area contributed by atoms with Crippen molar-refractivity contribution in [2.24, 2.45) is 0 Å². The highest BCUT2D eigenvalue weighted by atomic mass is 19.3. The van der Waals surface area contributed by atoms with E-state index in [1.54, 1.807) is 24.4 Å². The summed E-state index contributed by atoms with van der Waals surface area (Å²) in [5.74, 6) is 0.688. The van der Waals surface area contributed by atoms with Gasteiger partial charge in [0.25, 0.3) is 5.56 Å². The standard InChI is InChI=1S/C16H14F2N4O2/c1-10-8-19-14(20-10)9-22-15(23)7-6-13(21-22)11-2-4-12(5-3-11)24-16(17)18/h2-8,16H,9H2,1H3,(H,19,20). The summed E-state index contributed by atoms with van der Waals surface area (Å²) in [5.41, 5.74) is 1.86. The van der Waals surface area contributed by atoms with Crippen LogP contribution in [0.5, 0.6) is 5.75 Å². The molecule has 6 nitrogen and oxygen atoms in total. The monoisotopic (exact) mass is 332 g/mol. The zero-order chi connectivity index (χ0) is 17.1. The number of hydrogen-bond acceptors (Lipinski definition) is 4. The van der Waals surface area contributed by atoms with Gasteiger partial charge in [0.1, 0.15) is 18.1 Å². The number of nitrogens with one attached hydrogen (secondary N) is 1. The molecule has 0 amide bonds. The van der Waals surface area contributed by atoms with Crippen LogP contribution in [-0.4, -0.2) is 26.4 Å². The minimum atomic E-state index is -2.87. The highest BCUT2D eigenvalue weighted by Gasteiger charge is 2.08. The highest BCUT2D eigenvalue weighted by Crippen LogP contribution is 2.21. The normalized spacial score (nSPS) is 11.0. The van der Waals surface area contributed by atoms with Crippen molar-refractivity contribution in [1.82, 2.24) is 19.7 Å². The number of alkyl halides is 2. The first-order valence-electron chi connectivity index (χ1n) is 7.15. The number of aromatic amines is 1. The molecule has 0 aliphatic rings. The zero-order valence-electron chi connectivity index (χ0n) is 12.7. The average molecular weight is 332 g/mol. The van der Waals surface area contributed by atoms with Crippen molar-refractivity contribution in [3.05, 3.63) is 64.5 Å². The predicted octanol–water partition coefficient (Wildman–Crippen LogP) is 2.59. The molecule has 8 heteroatoms. The molecule has 124 valence electrons. The molecule has 24 heavy (non-hydrogen) atoms. The van der Waals surface area contributed by atoms with Crippen molar-refractivity contribution >= 4 is 0 Å². The molecule has 0 spiro atoms. The molecule has 0 aliphatic heterocycles. The number of aromatic nitrogens is 4. The number of halogens is 2. The Morgan fingerprint density at radius 3 is 2.58 bits per heavy atom. The van der Waals surface area contributed by atoms with Crippen LogP contribution in [-0.2, 0) is 6.54 Å². The van der Waals surface area contributed by atoms with E-state index >= 15 is 0 Å². The molecule has 0 bridgehead atoms. The molecule has 0 saturated carbocycles. The van der Waals surface area contributed by atoms with E-state index in [4.69, 9.17) is 0 Å². The minimum absolute atomic E-state index is 0.0631. The van der Waals surface area contributed by atoms with Crippen LogP contribution in [0.15, 0.2) is 47.4 Å². The third-order valence-corrected chi connectivity index (χ3v) is 3.30. The van der Waals surface area contributed by atoms with Gasteiger partial charge in [-0.2, -0.15) is 13.9 Å². The van der Waals surface area contributed by atoms with E-state index in [1.165, 1.54) is 22.9 Å². The van der Waals surface area contributed by atoms with Crippen LogP contribution in [0.25, 0.3) is 11.3 Å². The Kier molecular flexibility index (Phi) is 4.37. The third-order valence-electron chi connectivity index (χ3n) is 3.30. The number of rotatable bonds is 5. The Morgan fingerprint density at radius 2 is 1.96 bits per heavy atom. The summed E-state index contributed by atoms with van der Waals surface area (Å²) in [6, 6.07) is 9.04. The maximum atomic E-state index is 12.2. The Labute approximate surface area is 135 Å². The molecule has 1 aromatic carbocycles. The van der Waals surface area contributed by atoms with Gasteiger partial charge in [0.2, 0.25) is 0 Å². The van der Waals surface area contributed by atoms with Gasteiger partial charge in [-0.15, -0.1) is 0 Å². The molecule has 0 fully saturated rings. The van der Waals surface area contributed by atoms with Gasteiger partial charge in [-0.3, -0.25) is 4.79 Å². The van der Waals surface area contributed by atoms with Gasteiger partial charge in [-0.1, -0.05) is 0 Å². The van der Waals surface area contributed by atoms with E-state index in [2.05, 4.69) is 19.8 Å². The smallest absolute Gasteiger partial charge is 0.387 e. The second kappa shape index (κ2) is 6.61. The second-order valence-electron chi connectivity index (χ2n) is 5.13. The van der Waals surface area contributed by atoms with Crippen molar-refractivity contribution in [3.8, 4) is 17.0 Å². The fourth-order valence-corrected chi connectivity index (χ4v) is 2.21. The number of H-pyrrole nitrogens is 1. The number of imidazole rings is 1. The first-order valence-corrected chi connectivity index (χ1v) is 7.15. The molecule has 0 radical (unpaired) electrons. The summed E-state index contributed by atoms with van der Waals surface area (Å²) in [6.07, 6.45) is 1.67. The van der Waals surface area contributed by atoms with Gasteiger partial charge in [0.05, 0.1) is 5.69 Å². The summed E-state index contributed by atoms with van der Waals surface area (Å²) in [6.45, 7) is -0.785. The van der Waals surface area contributed by atoms with Crippen molar-refractivity contribution < 1.29 is 13.5 Å². The Morgan fingerprint density at radius 1 is 1.21 bits per heavy atom. The third kappa shape index (κ3) is 3.65. The van der Waals surface area contributed by atoms with Gasteiger partial charge >= 0.3 is 6.61 Å². The molecule has 0 atom stereocenters. The van der Waals surface area contributed by atoms with Crippen LogP contribution < -0.4 is 10.3 Å². The lowest BCUT2D eigenvalue weighted by atomic mass is 10.1. The SMILES string of the molecule is Cc1cnc(Cn2nc(-c3ccc(OC(F)F)cc3)ccc2=O)[nH]1. The van der Waals surface area contributed by atoms with Gasteiger partial charge in [-0.25, -0.2) is 9.67 Å². The van der Waals surface area contributed by atoms with Crippen LogP contribution in [0.2, 0.25) is 0 Å². The number of nitrogens with zero attached hydrogens (tertiary/aromatic N) is 3. The van der Waals surface area contributed by atoms with Gasteiger partial charge in [0.15, 0.2) is 0 Å². The van der Waals surface area contributed by atoms with E-state index in [0.29, 0.717) is 17.1 Å². The van der Waals surface area contributed by atoms with Crippen LogP contribution in [0.4, 0.5) is 8.78 Å². The molecule has 3 aromatic rings. The summed E-state index contributed by atoms with van der Waals surface area (Å²) < 4.78 is 29.9. The van der Waals surface area contributed by atoms with Crippen molar-refractivity contribution in [1.29, 1.82) is 0 Å². The molecule has 0 unspecified atom stereocenters. The molecule has 0 saturated heterocycles. The molecule has 0 aliphatic carbocycles. The molecule has 1 N–H and O–H groups in total. The molecular weight excluding hydrogens is 318 g/mol. The number of benzene rings is 1.